The lowest BCUT2D eigenvalue weighted by Crippen LogP contribution is -2.49. The van der Waals surface area contributed by atoms with E-state index in [0.717, 1.165) is 34.3 Å². The van der Waals surface area contributed by atoms with Crippen LogP contribution >= 0.6 is 22.6 Å². The van der Waals surface area contributed by atoms with E-state index in [-0.39, 0.29) is 6.09 Å². The molecule has 142 valence electrons. The number of piperazine rings is 1. The lowest BCUT2D eigenvalue weighted by atomic mass is 10.0. The van der Waals surface area contributed by atoms with Gasteiger partial charge in [0, 0.05) is 46.9 Å². The van der Waals surface area contributed by atoms with Gasteiger partial charge in [-0.15, -0.1) is 0 Å². The van der Waals surface area contributed by atoms with Crippen LogP contribution in [0.2, 0.25) is 0 Å². The fourth-order valence-electron chi connectivity index (χ4n) is 2.89. The Labute approximate surface area is 168 Å². The molecule has 1 aromatic rings. The molecule has 0 aliphatic carbocycles. The molecule has 1 saturated heterocycles. The molecule has 0 aromatic heterocycles. The Bertz CT molecular complexity index is 730. The van der Waals surface area contributed by atoms with Gasteiger partial charge >= 0.3 is 6.09 Å². The molecule has 1 aromatic carbocycles. The van der Waals surface area contributed by atoms with Gasteiger partial charge in [-0.05, 0) is 85.5 Å². The molecule has 2 rings (SSSR count). The number of carbonyl (C=O) groups excluding carboxylic acids is 1. The number of hydrogen-bond acceptors (Lipinski definition) is 4. The van der Waals surface area contributed by atoms with E-state index >= 15 is 0 Å². The Balaban J connectivity index is 2.04. The van der Waals surface area contributed by atoms with E-state index < -0.39 is 5.60 Å². The molecule has 0 spiro atoms. The van der Waals surface area contributed by atoms with Crippen LogP contribution in [-0.4, -0.2) is 47.7 Å². The van der Waals surface area contributed by atoms with Gasteiger partial charge in [-0.25, -0.2) is 4.79 Å². The third-order valence-corrected chi connectivity index (χ3v) is 6.02. The normalized spacial score (nSPS) is 15.5. The van der Waals surface area contributed by atoms with Crippen LogP contribution in [0.1, 0.15) is 37.5 Å². The van der Waals surface area contributed by atoms with Gasteiger partial charge in [0.15, 0.2) is 0 Å². The topological polar surface area (TPSA) is 81.5 Å². The zero-order chi connectivity index (χ0) is 19.5. The van der Waals surface area contributed by atoms with Crippen molar-refractivity contribution in [3.05, 3.63) is 36.8 Å². The number of carbonyl (C=O) groups is 1. The zero-order valence-corrected chi connectivity index (χ0v) is 18.2. The van der Waals surface area contributed by atoms with Crippen LogP contribution in [-0.2, 0) is 11.3 Å². The lowest BCUT2D eigenvalue weighted by Gasteiger charge is -2.36. The minimum absolute atomic E-state index is 0.246. The van der Waals surface area contributed by atoms with E-state index in [0.29, 0.717) is 18.8 Å². The van der Waals surface area contributed by atoms with Crippen molar-refractivity contribution in [3.63, 3.8) is 0 Å². The molecule has 1 aliphatic heterocycles. The van der Waals surface area contributed by atoms with Crippen LogP contribution < -0.4 is 0 Å². The highest BCUT2D eigenvalue weighted by Gasteiger charge is 2.26. The molecule has 1 aliphatic rings. The fourth-order valence-corrected chi connectivity index (χ4v) is 3.51. The molecule has 0 saturated carbocycles. The van der Waals surface area contributed by atoms with Crippen molar-refractivity contribution >= 4 is 34.4 Å². The average molecular weight is 471 g/mol. The zero-order valence-electron chi connectivity index (χ0n) is 16.0. The first-order valence-electron chi connectivity index (χ1n) is 8.66. The number of ether oxygens (including phenoxy) is 1. The summed E-state index contributed by atoms with van der Waals surface area (Å²) in [6.07, 6.45) is -0.246. The highest BCUT2D eigenvalue weighted by molar-refractivity contribution is 14.1. The Morgan fingerprint density at radius 3 is 2.42 bits per heavy atom. The number of nitrogens with zero attached hydrogens (tertiary/aromatic N) is 5. The molecule has 1 heterocycles. The van der Waals surface area contributed by atoms with Gasteiger partial charge in [0.25, 0.3) is 0 Å². The highest BCUT2D eigenvalue weighted by atomic mass is 127. The highest BCUT2D eigenvalue weighted by Crippen LogP contribution is 2.30. The summed E-state index contributed by atoms with van der Waals surface area (Å²) >= 11 is 2.31. The van der Waals surface area contributed by atoms with Crippen molar-refractivity contribution in [2.45, 2.75) is 46.8 Å². The number of hydrogen-bond donors (Lipinski definition) is 0. The second kappa shape index (κ2) is 8.45. The van der Waals surface area contributed by atoms with Crippen LogP contribution in [0.15, 0.2) is 11.2 Å². The molecule has 26 heavy (non-hydrogen) atoms. The van der Waals surface area contributed by atoms with Crippen LogP contribution in [0, 0.1) is 17.4 Å². The third-order valence-electron chi connectivity index (χ3n) is 4.41. The Hall–Kier alpha value is -1.51. The first-order chi connectivity index (χ1) is 12.1. The van der Waals surface area contributed by atoms with Gasteiger partial charge in [-0.2, -0.15) is 0 Å². The molecule has 1 amide bonds. The largest absolute Gasteiger partial charge is 0.444 e. The van der Waals surface area contributed by atoms with Gasteiger partial charge in [-0.1, -0.05) is 5.11 Å². The number of benzene rings is 1. The van der Waals surface area contributed by atoms with Crippen LogP contribution in [0.25, 0.3) is 10.4 Å². The Morgan fingerprint density at radius 2 is 1.88 bits per heavy atom. The van der Waals surface area contributed by atoms with E-state index in [1.807, 2.05) is 33.8 Å². The summed E-state index contributed by atoms with van der Waals surface area (Å²) in [5.41, 5.74) is 12.4. The maximum Gasteiger partial charge on any atom is 0.410 e. The summed E-state index contributed by atoms with van der Waals surface area (Å²) in [5.74, 6) is 0. The summed E-state index contributed by atoms with van der Waals surface area (Å²) in [6.45, 7) is 13.4. The Morgan fingerprint density at radius 1 is 1.27 bits per heavy atom. The molecule has 0 atom stereocenters. The molecular formula is C18H26IN5O2. The van der Waals surface area contributed by atoms with Crippen molar-refractivity contribution in [1.82, 2.24) is 9.80 Å². The van der Waals surface area contributed by atoms with Crippen molar-refractivity contribution in [3.8, 4) is 0 Å². The second-order valence-electron chi connectivity index (χ2n) is 7.55. The number of rotatable bonds is 3. The van der Waals surface area contributed by atoms with Gasteiger partial charge in [0.2, 0.25) is 0 Å². The SMILES string of the molecule is Cc1c(CN2CCN(C(=O)OC(C)(C)C)CC2)cc(N=[N+]=[N-])c(C)c1I. The monoisotopic (exact) mass is 471 g/mol. The molecule has 0 N–H and O–H groups in total. The van der Waals surface area contributed by atoms with E-state index in [1.165, 1.54) is 5.56 Å². The van der Waals surface area contributed by atoms with Crippen molar-refractivity contribution < 1.29 is 9.53 Å². The van der Waals surface area contributed by atoms with E-state index in [1.54, 1.807) is 4.90 Å². The lowest BCUT2D eigenvalue weighted by molar-refractivity contribution is 0.0139. The summed E-state index contributed by atoms with van der Waals surface area (Å²) in [7, 11) is 0. The van der Waals surface area contributed by atoms with Crippen molar-refractivity contribution in [2.24, 2.45) is 5.11 Å². The summed E-state index contributed by atoms with van der Waals surface area (Å²) in [6, 6.07) is 1.98. The smallest absolute Gasteiger partial charge is 0.410 e. The van der Waals surface area contributed by atoms with Crippen LogP contribution in [0.5, 0.6) is 0 Å². The second-order valence-corrected chi connectivity index (χ2v) is 8.63. The average Bonchev–Trinajstić information content (AvgIpc) is 2.56. The predicted molar refractivity (Wildman–Crippen MR) is 111 cm³/mol. The predicted octanol–water partition coefficient (Wildman–Crippen LogP) is 4.90. The van der Waals surface area contributed by atoms with Crippen LogP contribution in [0.3, 0.4) is 0 Å². The maximum atomic E-state index is 12.2. The molecule has 7 nitrogen and oxygen atoms in total. The van der Waals surface area contributed by atoms with Gasteiger partial charge < -0.3 is 9.64 Å². The van der Waals surface area contributed by atoms with E-state index in [2.05, 4.69) is 44.4 Å². The van der Waals surface area contributed by atoms with Gasteiger partial charge in [-0.3, -0.25) is 4.90 Å². The van der Waals surface area contributed by atoms with Crippen molar-refractivity contribution in [2.75, 3.05) is 26.2 Å². The van der Waals surface area contributed by atoms with E-state index in [4.69, 9.17) is 10.3 Å². The first kappa shape index (κ1) is 20.8. The summed E-state index contributed by atoms with van der Waals surface area (Å²) in [5, 5.41) is 3.82. The number of amides is 1. The van der Waals surface area contributed by atoms with E-state index in [9.17, 15) is 4.79 Å². The third kappa shape index (κ3) is 5.25. The minimum Gasteiger partial charge on any atom is -0.444 e. The molecule has 0 bridgehead atoms. The molecule has 0 radical (unpaired) electrons. The molecule has 8 heteroatoms. The quantitative estimate of drug-likeness (QED) is 0.272. The minimum atomic E-state index is -0.471. The molecule has 1 fully saturated rings. The standard InChI is InChI=1S/C18H26IN5O2/c1-12-14(10-15(21-22-20)13(2)16(12)19)11-23-6-8-24(9-7-23)17(25)26-18(3,4)5/h10H,6-9,11H2,1-5H3. The molecule has 0 unspecified atom stereocenters. The van der Waals surface area contributed by atoms with Crippen molar-refractivity contribution in [1.29, 1.82) is 0 Å². The van der Waals surface area contributed by atoms with Gasteiger partial charge in [0.1, 0.15) is 5.60 Å². The fraction of sp³-hybridized carbons (Fsp3) is 0.611. The summed E-state index contributed by atoms with van der Waals surface area (Å²) in [4.78, 5) is 19.2. The Kier molecular flexibility index (Phi) is 6.76. The van der Waals surface area contributed by atoms with Gasteiger partial charge in [0.05, 0.1) is 0 Å². The first-order valence-corrected chi connectivity index (χ1v) is 9.74. The summed E-state index contributed by atoms with van der Waals surface area (Å²) < 4.78 is 6.58. The number of halogens is 1. The number of azide groups is 1. The maximum absolute atomic E-state index is 12.2. The van der Waals surface area contributed by atoms with Crippen LogP contribution in [0.4, 0.5) is 10.5 Å². The molecular weight excluding hydrogens is 445 g/mol.